The van der Waals surface area contributed by atoms with Gasteiger partial charge in [0, 0.05) is 23.2 Å². The Morgan fingerprint density at radius 3 is 2.17 bits per heavy atom. The molecule has 0 saturated carbocycles. The highest BCUT2D eigenvalue weighted by atomic mass is 32.2. The lowest BCUT2D eigenvalue weighted by Gasteiger charge is -2.39. The van der Waals surface area contributed by atoms with Crippen molar-refractivity contribution in [2.75, 3.05) is 12.5 Å². The number of hydrogen-bond acceptors (Lipinski definition) is 5. The Balaban J connectivity index is 2.03. The van der Waals surface area contributed by atoms with Gasteiger partial charge < -0.3 is 24.4 Å². The maximum Gasteiger partial charge on any atom is 0.209 e. The van der Waals surface area contributed by atoms with Crippen LogP contribution >= 0.6 is 0 Å². The zero-order valence-electron chi connectivity index (χ0n) is 16.1. The summed E-state index contributed by atoms with van der Waals surface area (Å²) < 4.78 is 18.2. The molecule has 0 aliphatic carbocycles. The first-order chi connectivity index (χ1) is 10.9. The monoisotopic (exact) mass is 363 g/mol. The van der Waals surface area contributed by atoms with Crippen LogP contribution in [0.3, 0.4) is 0 Å². The topological polar surface area (TPSA) is 68.2 Å². The minimum atomic E-state index is -0.795. The van der Waals surface area contributed by atoms with Crippen molar-refractivity contribution in [1.29, 1.82) is 0 Å². The van der Waals surface area contributed by atoms with Crippen LogP contribution in [0.2, 0.25) is 0 Å². The fourth-order valence-corrected chi connectivity index (χ4v) is 6.57. The van der Waals surface area contributed by atoms with Crippen molar-refractivity contribution in [3.63, 3.8) is 0 Å². The Hall–Kier alpha value is 0.150. The second-order valence-electron chi connectivity index (χ2n) is 8.92. The number of fused-ring (bicyclic) bond motifs is 1. The van der Waals surface area contributed by atoms with Crippen molar-refractivity contribution in [3.8, 4) is 0 Å². The SMILES string of the molecule is C[C@H]1C(O)O[C@H]2C[C@@H](OC[S+](C(C)(C)C)C(C)(C)C)[C@@H](CO)O[C@H]21. The van der Waals surface area contributed by atoms with Crippen molar-refractivity contribution >= 4 is 10.9 Å². The van der Waals surface area contributed by atoms with Gasteiger partial charge in [0.1, 0.15) is 15.6 Å². The summed E-state index contributed by atoms with van der Waals surface area (Å²) in [5, 5.41) is 19.6. The molecule has 0 bridgehead atoms. The van der Waals surface area contributed by atoms with E-state index in [2.05, 4.69) is 41.5 Å². The van der Waals surface area contributed by atoms with Crippen molar-refractivity contribution in [2.24, 2.45) is 5.92 Å². The summed E-state index contributed by atoms with van der Waals surface area (Å²) in [6.45, 7) is 15.3. The molecule has 2 rings (SSSR count). The summed E-state index contributed by atoms with van der Waals surface area (Å²) in [7, 11) is 0.0524. The molecule has 142 valence electrons. The van der Waals surface area contributed by atoms with Gasteiger partial charge in [-0.3, -0.25) is 0 Å². The van der Waals surface area contributed by atoms with E-state index < -0.39 is 6.29 Å². The molecular formula is C18H35O5S+. The zero-order valence-corrected chi connectivity index (χ0v) is 16.9. The van der Waals surface area contributed by atoms with Gasteiger partial charge in [-0.1, -0.05) is 6.92 Å². The van der Waals surface area contributed by atoms with Gasteiger partial charge in [-0.05, 0) is 41.5 Å². The molecule has 2 fully saturated rings. The first kappa shape index (κ1) is 20.5. The van der Waals surface area contributed by atoms with Crippen LogP contribution in [0.1, 0.15) is 54.9 Å². The largest absolute Gasteiger partial charge is 0.394 e. The molecule has 6 atom stereocenters. The van der Waals surface area contributed by atoms with Gasteiger partial charge in [-0.25, -0.2) is 0 Å². The van der Waals surface area contributed by atoms with E-state index in [-0.39, 0.29) is 57.3 Å². The van der Waals surface area contributed by atoms with E-state index in [4.69, 9.17) is 14.2 Å². The van der Waals surface area contributed by atoms with Crippen LogP contribution in [-0.4, -0.2) is 63.0 Å². The Morgan fingerprint density at radius 1 is 1.08 bits per heavy atom. The van der Waals surface area contributed by atoms with Gasteiger partial charge in [0.05, 0.1) is 24.9 Å². The number of aliphatic hydroxyl groups excluding tert-OH is 2. The number of hydrogen-bond donors (Lipinski definition) is 2. The molecule has 2 aliphatic heterocycles. The summed E-state index contributed by atoms with van der Waals surface area (Å²) >= 11 is 0. The van der Waals surface area contributed by atoms with Crippen LogP contribution in [0, 0.1) is 5.92 Å². The fraction of sp³-hybridized carbons (Fsp3) is 1.00. The third-order valence-electron chi connectivity index (χ3n) is 4.92. The molecule has 1 unspecified atom stereocenters. The summed E-state index contributed by atoms with van der Waals surface area (Å²) in [5.41, 5.74) is 0. The molecular weight excluding hydrogens is 328 g/mol. The summed E-state index contributed by atoms with van der Waals surface area (Å²) in [6, 6.07) is 0. The predicted molar refractivity (Wildman–Crippen MR) is 97.0 cm³/mol. The van der Waals surface area contributed by atoms with Crippen LogP contribution in [0.5, 0.6) is 0 Å². The van der Waals surface area contributed by atoms with E-state index in [0.29, 0.717) is 12.4 Å². The van der Waals surface area contributed by atoms with Crippen molar-refractivity contribution in [2.45, 2.75) is 95.1 Å². The van der Waals surface area contributed by atoms with Crippen LogP contribution in [0.4, 0.5) is 0 Å². The predicted octanol–water partition coefficient (Wildman–Crippen LogP) is 2.05. The molecule has 6 heteroatoms. The zero-order chi connectivity index (χ0) is 18.3. The van der Waals surface area contributed by atoms with Gasteiger partial charge in [-0.15, -0.1) is 0 Å². The quantitative estimate of drug-likeness (QED) is 0.748. The summed E-state index contributed by atoms with van der Waals surface area (Å²) in [5.74, 6) is 0.566. The smallest absolute Gasteiger partial charge is 0.209 e. The van der Waals surface area contributed by atoms with E-state index in [9.17, 15) is 10.2 Å². The number of ether oxygens (including phenoxy) is 3. The molecule has 2 aliphatic rings. The van der Waals surface area contributed by atoms with Crippen LogP contribution in [-0.2, 0) is 25.1 Å². The minimum Gasteiger partial charge on any atom is -0.394 e. The standard InChI is InChI=1S/C18H35O5S/c1-11-15-13(23-16(11)20)8-12(14(9-19)22-15)21-10-24(17(2,3)4)18(5,6)7/h11-16,19-20H,8-10H2,1-7H3/q+1/t11-,12-,13+,14-,15+,16?/m1/s1. The van der Waals surface area contributed by atoms with Crippen molar-refractivity contribution in [1.82, 2.24) is 0 Å². The molecule has 0 amide bonds. The highest BCUT2D eigenvalue weighted by Crippen LogP contribution is 2.38. The molecule has 0 aromatic heterocycles. The van der Waals surface area contributed by atoms with Crippen LogP contribution in [0.25, 0.3) is 0 Å². The third kappa shape index (κ3) is 4.46. The molecule has 0 radical (unpaired) electrons. The van der Waals surface area contributed by atoms with Gasteiger partial charge in [0.15, 0.2) is 6.29 Å². The second kappa shape index (κ2) is 7.41. The first-order valence-electron chi connectivity index (χ1n) is 8.87. The van der Waals surface area contributed by atoms with Crippen LogP contribution in [0.15, 0.2) is 0 Å². The Bertz CT molecular complexity index is 403. The lowest BCUT2D eigenvalue weighted by molar-refractivity contribution is -0.184. The molecule has 5 nitrogen and oxygen atoms in total. The molecule has 2 heterocycles. The van der Waals surface area contributed by atoms with E-state index in [0.717, 1.165) is 0 Å². The molecule has 0 spiro atoms. The molecule has 2 N–H and O–H groups in total. The average Bonchev–Trinajstić information content (AvgIpc) is 2.70. The van der Waals surface area contributed by atoms with Crippen LogP contribution < -0.4 is 0 Å². The maximum absolute atomic E-state index is 9.90. The fourth-order valence-electron chi connectivity index (χ4n) is 3.72. The lowest BCUT2D eigenvalue weighted by atomic mass is 9.93. The van der Waals surface area contributed by atoms with E-state index in [1.807, 2.05) is 6.92 Å². The van der Waals surface area contributed by atoms with Gasteiger partial charge in [0.2, 0.25) is 5.94 Å². The number of aliphatic hydroxyl groups is 2. The Labute approximate surface area is 149 Å². The maximum atomic E-state index is 9.90. The summed E-state index contributed by atoms with van der Waals surface area (Å²) in [4.78, 5) is 0. The van der Waals surface area contributed by atoms with Crippen molar-refractivity contribution in [3.05, 3.63) is 0 Å². The Kier molecular flexibility index (Phi) is 6.32. The average molecular weight is 364 g/mol. The van der Waals surface area contributed by atoms with E-state index in [1.54, 1.807) is 0 Å². The number of rotatable bonds is 4. The second-order valence-corrected chi connectivity index (χ2v) is 12.4. The molecule has 2 saturated heterocycles. The minimum absolute atomic E-state index is 0.0524. The normalized spacial score (nSPS) is 37.8. The Morgan fingerprint density at radius 2 is 1.67 bits per heavy atom. The van der Waals surface area contributed by atoms with Crippen molar-refractivity contribution < 1.29 is 24.4 Å². The lowest BCUT2D eigenvalue weighted by Crippen LogP contribution is -2.51. The van der Waals surface area contributed by atoms with E-state index in [1.165, 1.54) is 0 Å². The molecule has 0 aromatic rings. The summed E-state index contributed by atoms with van der Waals surface area (Å²) in [6.07, 6.45) is -1.02. The third-order valence-corrected chi connectivity index (χ3v) is 8.25. The van der Waals surface area contributed by atoms with E-state index >= 15 is 0 Å². The van der Waals surface area contributed by atoms with Gasteiger partial charge >= 0.3 is 0 Å². The first-order valence-corrected chi connectivity index (χ1v) is 10.3. The molecule has 24 heavy (non-hydrogen) atoms. The van der Waals surface area contributed by atoms with Gasteiger partial charge in [-0.2, -0.15) is 0 Å². The van der Waals surface area contributed by atoms with Gasteiger partial charge in [0.25, 0.3) is 0 Å². The molecule has 0 aromatic carbocycles. The highest BCUT2D eigenvalue weighted by molar-refractivity contribution is 7.99. The highest BCUT2D eigenvalue weighted by Gasteiger charge is 2.50.